The van der Waals surface area contributed by atoms with E-state index in [0.29, 0.717) is 37.6 Å². The number of piperazine rings is 1. The molecule has 0 aromatic heterocycles. The fraction of sp³-hybridized carbons (Fsp3) is 0.350. The van der Waals surface area contributed by atoms with Crippen LogP contribution in [0.2, 0.25) is 0 Å². The largest absolute Gasteiger partial charge is 0.416 e. The first-order chi connectivity index (χ1) is 14.5. The second-order valence-corrected chi connectivity index (χ2v) is 9.00. The molecular weight excluding hydrogens is 433 g/mol. The van der Waals surface area contributed by atoms with Gasteiger partial charge in [0.25, 0.3) is 0 Å². The normalized spacial score (nSPS) is 15.0. The van der Waals surface area contributed by atoms with E-state index in [1.165, 1.54) is 6.07 Å². The van der Waals surface area contributed by atoms with E-state index in [0.717, 1.165) is 24.0 Å². The predicted octanol–water partition coefficient (Wildman–Crippen LogP) is 3.11. The van der Waals surface area contributed by atoms with Crippen LogP contribution >= 0.6 is 0 Å². The van der Waals surface area contributed by atoms with Crippen LogP contribution in [0.4, 0.5) is 29.3 Å². The highest BCUT2D eigenvalue weighted by Gasteiger charge is 2.31. The second kappa shape index (κ2) is 9.04. The van der Waals surface area contributed by atoms with Crippen molar-refractivity contribution in [2.24, 2.45) is 0 Å². The molecule has 1 saturated heterocycles. The molecule has 0 bridgehead atoms. The molecule has 0 unspecified atom stereocenters. The summed E-state index contributed by atoms with van der Waals surface area (Å²) in [5.41, 5.74) is 0.913. The fourth-order valence-electron chi connectivity index (χ4n) is 3.30. The molecule has 1 fully saturated rings. The molecule has 7 nitrogen and oxygen atoms in total. The van der Waals surface area contributed by atoms with E-state index in [1.54, 1.807) is 35.2 Å². The first kappa shape index (κ1) is 22.7. The minimum Gasteiger partial charge on any atom is -0.368 e. The first-order valence-corrected chi connectivity index (χ1v) is 11.4. The lowest BCUT2D eigenvalue weighted by Crippen LogP contribution is -2.51. The molecule has 1 aliphatic heterocycles. The summed E-state index contributed by atoms with van der Waals surface area (Å²) in [6.45, 7) is 1.80. The molecule has 0 aliphatic carbocycles. The van der Waals surface area contributed by atoms with Gasteiger partial charge in [0.1, 0.15) is 0 Å². The van der Waals surface area contributed by atoms with Gasteiger partial charge in [0, 0.05) is 44.1 Å². The van der Waals surface area contributed by atoms with Crippen LogP contribution in [0.3, 0.4) is 0 Å². The van der Waals surface area contributed by atoms with E-state index < -0.39 is 21.8 Å². The van der Waals surface area contributed by atoms with Crippen LogP contribution in [0.25, 0.3) is 0 Å². The minimum atomic E-state index is -4.40. The second-order valence-electron chi connectivity index (χ2n) is 7.26. The van der Waals surface area contributed by atoms with Gasteiger partial charge in [-0.3, -0.25) is 4.72 Å². The van der Waals surface area contributed by atoms with Gasteiger partial charge in [0.2, 0.25) is 10.0 Å². The Bertz CT molecular complexity index is 1040. The number of nitrogens with one attached hydrogen (secondary N) is 2. The smallest absolute Gasteiger partial charge is 0.368 e. The number of hydrogen-bond acceptors (Lipinski definition) is 4. The summed E-state index contributed by atoms with van der Waals surface area (Å²) >= 11 is 0. The summed E-state index contributed by atoms with van der Waals surface area (Å²) in [7, 11) is -3.39. The summed E-state index contributed by atoms with van der Waals surface area (Å²) in [4.78, 5) is 15.9. The van der Waals surface area contributed by atoms with Crippen LogP contribution in [0, 0.1) is 0 Å². The molecule has 0 spiro atoms. The number of hydrogen-bond donors (Lipinski definition) is 2. The number of carbonyl (C=O) groups is 1. The molecule has 0 radical (unpaired) electrons. The number of nitrogens with zero attached hydrogens (tertiary/aromatic N) is 2. The number of amides is 2. The highest BCUT2D eigenvalue weighted by atomic mass is 32.2. The number of sulfonamides is 1. The lowest BCUT2D eigenvalue weighted by Gasteiger charge is -2.36. The number of alkyl halides is 3. The number of rotatable bonds is 5. The quantitative estimate of drug-likeness (QED) is 0.725. The number of anilines is 2. The third-order valence-corrected chi connectivity index (χ3v) is 5.39. The Kier molecular flexibility index (Phi) is 6.63. The minimum absolute atomic E-state index is 0.214. The van der Waals surface area contributed by atoms with Gasteiger partial charge in [-0.2, -0.15) is 13.2 Å². The maximum atomic E-state index is 12.9. The van der Waals surface area contributed by atoms with Crippen LogP contribution in [-0.4, -0.2) is 51.8 Å². The first-order valence-electron chi connectivity index (χ1n) is 9.53. The molecule has 3 rings (SSSR count). The zero-order valence-electron chi connectivity index (χ0n) is 16.8. The fourth-order valence-corrected chi connectivity index (χ4v) is 3.85. The molecule has 1 aliphatic rings. The average Bonchev–Trinajstić information content (AvgIpc) is 2.71. The molecule has 0 saturated carbocycles. The summed E-state index contributed by atoms with van der Waals surface area (Å²) in [6.07, 6.45) is -3.34. The topological polar surface area (TPSA) is 81.8 Å². The monoisotopic (exact) mass is 456 g/mol. The van der Waals surface area contributed by atoms with Gasteiger partial charge >= 0.3 is 12.2 Å². The Labute approximate surface area is 178 Å². The van der Waals surface area contributed by atoms with Crippen molar-refractivity contribution in [3.63, 3.8) is 0 Å². The van der Waals surface area contributed by atoms with Crippen molar-refractivity contribution in [2.75, 3.05) is 42.1 Å². The lowest BCUT2D eigenvalue weighted by atomic mass is 10.1. The zero-order valence-corrected chi connectivity index (χ0v) is 17.6. The zero-order chi connectivity index (χ0) is 22.6. The van der Waals surface area contributed by atoms with Crippen LogP contribution in [0.1, 0.15) is 11.1 Å². The molecule has 2 aromatic rings. The predicted molar refractivity (Wildman–Crippen MR) is 112 cm³/mol. The van der Waals surface area contributed by atoms with Crippen molar-refractivity contribution in [3.05, 3.63) is 59.7 Å². The van der Waals surface area contributed by atoms with Gasteiger partial charge in [-0.25, -0.2) is 13.2 Å². The SMILES string of the molecule is CS(=O)(=O)Nc1cccc(CNC(=O)N2CCN(c3cccc(C(F)(F)F)c3)CC2)c1. The lowest BCUT2D eigenvalue weighted by molar-refractivity contribution is -0.137. The Morgan fingerprint density at radius 2 is 1.71 bits per heavy atom. The van der Waals surface area contributed by atoms with E-state index in [2.05, 4.69) is 10.0 Å². The van der Waals surface area contributed by atoms with E-state index in [9.17, 15) is 26.4 Å². The van der Waals surface area contributed by atoms with Gasteiger partial charge < -0.3 is 15.1 Å². The van der Waals surface area contributed by atoms with Crippen molar-refractivity contribution >= 4 is 27.4 Å². The van der Waals surface area contributed by atoms with Gasteiger partial charge in [-0.15, -0.1) is 0 Å². The van der Waals surface area contributed by atoms with Crippen molar-refractivity contribution in [1.82, 2.24) is 10.2 Å². The molecule has 11 heteroatoms. The van der Waals surface area contributed by atoms with Crippen LogP contribution in [0.5, 0.6) is 0 Å². The Morgan fingerprint density at radius 1 is 1.03 bits per heavy atom. The molecule has 31 heavy (non-hydrogen) atoms. The maximum Gasteiger partial charge on any atom is 0.416 e. The van der Waals surface area contributed by atoms with Gasteiger partial charge in [-0.05, 0) is 35.9 Å². The van der Waals surface area contributed by atoms with E-state index >= 15 is 0 Å². The third kappa shape index (κ3) is 6.51. The summed E-state index contributed by atoms with van der Waals surface area (Å²) in [5.74, 6) is 0. The van der Waals surface area contributed by atoms with Crippen LogP contribution in [-0.2, 0) is 22.7 Å². The molecule has 2 N–H and O–H groups in total. The highest BCUT2D eigenvalue weighted by molar-refractivity contribution is 7.92. The molecular formula is C20H23F3N4O3S. The third-order valence-electron chi connectivity index (χ3n) is 4.78. The molecule has 2 aromatic carbocycles. The molecule has 2 amide bonds. The van der Waals surface area contributed by atoms with Crippen molar-refractivity contribution in [3.8, 4) is 0 Å². The summed E-state index contributed by atoms with van der Waals surface area (Å²) < 4.78 is 63.8. The van der Waals surface area contributed by atoms with E-state index in [1.807, 2.05) is 4.90 Å². The van der Waals surface area contributed by atoms with E-state index in [-0.39, 0.29) is 12.6 Å². The average molecular weight is 456 g/mol. The Hall–Kier alpha value is -2.95. The van der Waals surface area contributed by atoms with E-state index in [4.69, 9.17) is 0 Å². The van der Waals surface area contributed by atoms with Crippen molar-refractivity contribution in [2.45, 2.75) is 12.7 Å². The summed E-state index contributed by atoms with van der Waals surface area (Å²) in [6, 6.07) is 11.6. The summed E-state index contributed by atoms with van der Waals surface area (Å²) in [5, 5.41) is 2.78. The number of urea groups is 1. The van der Waals surface area contributed by atoms with Gasteiger partial charge in [-0.1, -0.05) is 18.2 Å². The van der Waals surface area contributed by atoms with Crippen molar-refractivity contribution < 1.29 is 26.4 Å². The number of carbonyl (C=O) groups excluding carboxylic acids is 1. The van der Waals surface area contributed by atoms with Crippen LogP contribution in [0.15, 0.2) is 48.5 Å². The molecule has 1 heterocycles. The number of benzene rings is 2. The van der Waals surface area contributed by atoms with Gasteiger partial charge in [0.05, 0.1) is 11.8 Å². The Morgan fingerprint density at radius 3 is 2.35 bits per heavy atom. The Balaban J connectivity index is 1.53. The maximum absolute atomic E-state index is 12.9. The molecule has 168 valence electrons. The van der Waals surface area contributed by atoms with Crippen LogP contribution < -0.4 is 14.9 Å². The number of halogens is 3. The molecule has 0 atom stereocenters. The van der Waals surface area contributed by atoms with Crippen molar-refractivity contribution in [1.29, 1.82) is 0 Å². The standard InChI is InChI=1S/C20H23F3N4O3S/c1-31(29,30)25-17-6-2-4-15(12-17)14-24-19(28)27-10-8-26(9-11-27)18-7-3-5-16(13-18)20(21,22)23/h2-7,12-13,25H,8-11,14H2,1H3,(H,24,28). The van der Waals surface area contributed by atoms with Gasteiger partial charge in [0.15, 0.2) is 0 Å². The highest BCUT2D eigenvalue weighted by Crippen LogP contribution is 2.31.